The predicted molar refractivity (Wildman–Crippen MR) is 110 cm³/mol. The summed E-state index contributed by atoms with van der Waals surface area (Å²) in [6.07, 6.45) is 8.61. The lowest BCUT2D eigenvalue weighted by atomic mass is 9.85. The van der Waals surface area contributed by atoms with Gasteiger partial charge in [-0.3, -0.25) is 4.79 Å². The molecule has 8 nitrogen and oxygen atoms in total. The molecule has 1 aliphatic heterocycles. The van der Waals surface area contributed by atoms with Crippen LogP contribution in [0.15, 0.2) is 45.7 Å². The first-order valence-electron chi connectivity index (χ1n) is 10.6. The molecular weight excluding hydrogens is 382 g/mol. The van der Waals surface area contributed by atoms with Crippen LogP contribution in [0.3, 0.4) is 0 Å². The summed E-state index contributed by atoms with van der Waals surface area (Å²) in [5, 5.41) is 7.20. The summed E-state index contributed by atoms with van der Waals surface area (Å²) < 4.78 is 10.8. The summed E-state index contributed by atoms with van der Waals surface area (Å²) in [5.74, 6) is 3.19. The number of aromatic nitrogens is 3. The maximum atomic E-state index is 12.7. The number of furan rings is 1. The Hall–Kier alpha value is -3.16. The zero-order valence-electron chi connectivity index (χ0n) is 16.8. The fourth-order valence-corrected chi connectivity index (χ4v) is 4.10. The second-order valence-corrected chi connectivity index (χ2v) is 8.04. The third kappa shape index (κ3) is 3.81. The fraction of sp³-hybridized carbons (Fsp3) is 0.455. The highest BCUT2D eigenvalue weighted by molar-refractivity contribution is 5.80. The average molecular weight is 407 g/mol. The average Bonchev–Trinajstić information content (AvgIpc) is 3.43. The van der Waals surface area contributed by atoms with Gasteiger partial charge in [0.2, 0.25) is 17.6 Å². The Bertz CT molecular complexity index is 996. The van der Waals surface area contributed by atoms with Crippen LogP contribution in [0.2, 0.25) is 0 Å². The van der Waals surface area contributed by atoms with E-state index in [1.54, 1.807) is 12.5 Å². The monoisotopic (exact) mass is 407 g/mol. The van der Waals surface area contributed by atoms with Crippen molar-refractivity contribution in [3.63, 3.8) is 0 Å². The number of piperidine rings is 1. The van der Waals surface area contributed by atoms with Crippen molar-refractivity contribution < 1.29 is 13.7 Å². The van der Waals surface area contributed by atoms with Crippen molar-refractivity contribution in [2.75, 3.05) is 18.0 Å². The van der Waals surface area contributed by atoms with Crippen LogP contribution in [-0.2, 0) is 11.3 Å². The van der Waals surface area contributed by atoms with Gasteiger partial charge in [0.1, 0.15) is 11.6 Å². The highest BCUT2D eigenvalue weighted by Crippen LogP contribution is 2.37. The summed E-state index contributed by atoms with van der Waals surface area (Å²) in [5.41, 5.74) is 0.850. The number of nitrogens with one attached hydrogen (secondary N) is 1. The SMILES string of the molecule is O=C(NCc1ccco1)[C@@H]1CCCN(c2ncccc2-c2noc(C3CCC3)n2)C1. The molecule has 5 rings (SSSR count). The van der Waals surface area contributed by atoms with Crippen molar-refractivity contribution in [3.05, 3.63) is 48.4 Å². The highest BCUT2D eigenvalue weighted by atomic mass is 16.5. The molecule has 1 aliphatic carbocycles. The van der Waals surface area contributed by atoms with Crippen molar-refractivity contribution in [2.45, 2.75) is 44.6 Å². The van der Waals surface area contributed by atoms with E-state index in [1.165, 1.54) is 6.42 Å². The number of carbonyl (C=O) groups is 1. The van der Waals surface area contributed by atoms with E-state index in [1.807, 2.05) is 24.3 Å². The molecule has 156 valence electrons. The minimum absolute atomic E-state index is 0.0420. The van der Waals surface area contributed by atoms with E-state index < -0.39 is 0 Å². The lowest BCUT2D eigenvalue weighted by molar-refractivity contribution is -0.125. The Labute approximate surface area is 174 Å². The Morgan fingerprint density at radius 3 is 2.93 bits per heavy atom. The van der Waals surface area contributed by atoms with E-state index in [0.29, 0.717) is 24.8 Å². The first kappa shape index (κ1) is 18.8. The zero-order chi connectivity index (χ0) is 20.3. The van der Waals surface area contributed by atoms with Gasteiger partial charge in [-0.2, -0.15) is 4.98 Å². The van der Waals surface area contributed by atoms with E-state index in [4.69, 9.17) is 8.94 Å². The minimum atomic E-state index is -0.0978. The molecule has 2 fully saturated rings. The van der Waals surface area contributed by atoms with Crippen LogP contribution in [0.5, 0.6) is 0 Å². The molecule has 0 bridgehead atoms. The van der Waals surface area contributed by atoms with Gasteiger partial charge in [0.25, 0.3) is 0 Å². The summed E-state index contributed by atoms with van der Waals surface area (Å²) in [4.78, 5) is 24.1. The molecule has 3 aromatic rings. The van der Waals surface area contributed by atoms with Gasteiger partial charge in [-0.25, -0.2) is 4.98 Å². The number of rotatable bonds is 6. The summed E-state index contributed by atoms with van der Waals surface area (Å²) in [6.45, 7) is 1.87. The van der Waals surface area contributed by atoms with Crippen LogP contribution in [0, 0.1) is 5.92 Å². The standard InChI is InChI=1S/C22H25N5O3/c28-21(24-13-17-8-4-12-29-17)16-7-3-11-27(14-16)20-18(9-2-10-23-20)19-25-22(30-26-19)15-5-1-6-15/h2,4,8-10,12,15-16H,1,3,5-7,11,13-14H2,(H,24,28)/t16-/m1/s1. The van der Waals surface area contributed by atoms with Gasteiger partial charge in [-0.1, -0.05) is 11.6 Å². The number of carbonyl (C=O) groups excluding carboxylic acids is 1. The molecule has 0 spiro atoms. The Morgan fingerprint density at radius 2 is 2.13 bits per heavy atom. The second kappa shape index (κ2) is 8.30. The largest absolute Gasteiger partial charge is 0.467 e. The molecule has 2 aliphatic rings. The molecule has 1 amide bonds. The topological polar surface area (TPSA) is 97.3 Å². The number of hydrogen-bond acceptors (Lipinski definition) is 7. The molecule has 3 aromatic heterocycles. The molecule has 0 radical (unpaired) electrons. The molecule has 1 atom stereocenters. The molecule has 8 heteroatoms. The number of pyridine rings is 1. The second-order valence-electron chi connectivity index (χ2n) is 8.04. The third-order valence-electron chi connectivity index (χ3n) is 6.03. The molecule has 0 aromatic carbocycles. The van der Waals surface area contributed by atoms with Crippen molar-refractivity contribution in [1.82, 2.24) is 20.4 Å². The van der Waals surface area contributed by atoms with Gasteiger partial charge in [0.15, 0.2) is 0 Å². The Balaban J connectivity index is 1.30. The zero-order valence-corrected chi connectivity index (χ0v) is 16.8. The molecule has 1 saturated carbocycles. The molecule has 1 N–H and O–H groups in total. The van der Waals surface area contributed by atoms with Crippen LogP contribution in [-0.4, -0.2) is 34.1 Å². The lowest BCUT2D eigenvalue weighted by Gasteiger charge is -2.33. The smallest absolute Gasteiger partial charge is 0.230 e. The van der Waals surface area contributed by atoms with Crippen molar-refractivity contribution in [3.8, 4) is 11.4 Å². The quantitative estimate of drug-likeness (QED) is 0.667. The van der Waals surface area contributed by atoms with Crippen molar-refractivity contribution in [1.29, 1.82) is 0 Å². The summed E-state index contributed by atoms with van der Waals surface area (Å²) in [7, 11) is 0. The lowest BCUT2D eigenvalue weighted by Crippen LogP contribution is -2.43. The molecule has 4 heterocycles. The molecule has 0 unspecified atom stereocenters. The maximum Gasteiger partial charge on any atom is 0.230 e. The maximum absolute atomic E-state index is 12.7. The summed E-state index contributed by atoms with van der Waals surface area (Å²) in [6, 6.07) is 7.53. The van der Waals surface area contributed by atoms with Gasteiger partial charge >= 0.3 is 0 Å². The minimum Gasteiger partial charge on any atom is -0.467 e. The van der Waals surface area contributed by atoms with E-state index in [9.17, 15) is 4.79 Å². The predicted octanol–water partition coefficient (Wildman–Crippen LogP) is 3.52. The van der Waals surface area contributed by atoms with Crippen LogP contribution >= 0.6 is 0 Å². The van der Waals surface area contributed by atoms with Gasteiger partial charge in [0.05, 0.1) is 24.3 Å². The molecule has 1 saturated heterocycles. The van der Waals surface area contributed by atoms with Crippen LogP contribution < -0.4 is 10.2 Å². The van der Waals surface area contributed by atoms with E-state index in [0.717, 1.165) is 55.3 Å². The highest BCUT2D eigenvalue weighted by Gasteiger charge is 2.30. The first-order chi connectivity index (χ1) is 14.8. The first-order valence-corrected chi connectivity index (χ1v) is 10.6. The van der Waals surface area contributed by atoms with Gasteiger partial charge < -0.3 is 19.2 Å². The number of hydrogen-bond donors (Lipinski definition) is 1. The number of anilines is 1. The van der Waals surface area contributed by atoms with E-state index in [2.05, 4.69) is 25.3 Å². The van der Waals surface area contributed by atoms with Crippen LogP contribution in [0.1, 0.15) is 49.7 Å². The molecular formula is C22H25N5O3. The molecule has 30 heavy (non-hydrogen) atoms. The third-order valence-corrected chi connectivity index (χ3v) is 6.03. The Morgan fingerprint density at radius 1 is 1.20 bits per heavy atom. The van der Waals surface area contributed by atoms with E-state index >= 15 is 0 Å². The van der Waals surface area contributed by atoms with Crippen molar-refractivity contribution >= 4 is 11.7 Å². The number of amides is 1. The van der Waals surface area contributed by atoms with Gasteiger partial charge in [0, 0.05) is 25.2 Å². The Kier molecular flexibility index (Phi) is 5.21. The van der Waals surface area contributed by atoms with Crippen molar-refractivity contribution in [2.24, 2.45) is 5.92 Å². The van der Waals surface area contributed by atoms with Crippen LogP contribution in [0.25, 0.3) is 11.4 Å². The number of nitrogens with zero attached hydrogens (tertiary/aromatic N) is 4. The van der Waals surface area contributed by atoms with Crippen LogP contribution in [0.4, 0.5) is 5.82 Å². The van der Waals surface area contributed by atoms with Gasteiger partial charge in [-0.05, 0) is 49.9 Å². The summed E-state index contributed by atoms with van der Waals surface area (Å²) >= 11 is 0. The van der Waals surface area contributed by atoms with Gasteiger partial charge in [-0.15, -0.1) is 0 Å². The normalized spacial score (nSPS) is 19.5. The van der Waals surface area contributed by atoms with E-state index in [-0.39, 0.29) is 11.8 Å². The fourth-order valence-electron chi connectivity index (χ4n) is 4.10.